The predicted octanol–water partition coefficient (Wildman–Crippen LogP) is 2.46. The van der Waals surface area contributed by atoms with E-state index in [1.165, 1.54) is 5.56 Å². The fraction of sp³-hybridized carbons (Fsp3) is 0.562. The van der Waals surface area contributed by atoms with Gasteiger partial charge in [-0.2, -0.15) is 0 Å². The number of hydrogen-bond donors (Lipinski definition) is 2. The largest absolute Gasteiger partial charge is 0.352 e. The first-order valence-corrected chi connectivity index (χ1v) is 7.35. The van der Waals surface area contributed by atoms with Crippen molar-refractivity contribution in [1.82, 2.24) is 5.32 Å². The van der Waals surface area contributed by atoms with E-state index in [0.717, 1.165) is 25.7 Å². The van der Waals surface area contributed by atoms with Crippen molar-refractivity contribution in [2.45, 2.75) is 37.6 Å². The molecule has 0 radical (unpaired) electrons. The molecule has 0 saturated heterocycles. The van der Waals surface area contributed by atoms with Crippen LogP contribution in [0.3, 0.4) is 0 Å². The summed E-state index contributed by atoms with van der Waals surface area (Å²) in [5, 5.41) is 3.21. The Hall–Kier alpha value is -1.06. The first kappa shape index (κ1) is 15.3. The summed E-state index contributed by atoms with van der Waals surface area (Å²) in [7, 11) is 0. The zero-order valence-electron chi connectivity index (χ0n) is 11.6. The van der Waals surface area contributed by atoms with Crippen molar-refractivity contribution < 1.29 is 4.79 Å². The first-order chi connectivity index (χ1) is 9.29. The van der Waals surface area contributed by atoms with E-state index in [2.05, 4.69) is 29.6 Å². The van der Waals surface area contributed by atoms with E-state index < -0.39 is 0 Å². The number of hydrogen-bond acceptors (Lipinski definition) is 2. The summed E-state index contributed by atoms with van der Waals surface area (Å²) in [4.78, 5) is 12.3. The van der Waals surface area contributed by atoms with Crippen molar-refractivity contribution in [1.29, 1.82) is 0 Å². The summed E-state index contributed by atoms with van der Waals surface area (Å²) in [6, 6.07) is 10.8. The minimum absolute atomic E-state index is 0. The molecule has 2 fully saturated rings. The van der Waals surface area contributed by atoms with Crippen LogP contribution in [0.2, 0.25) is 0 Å². The summed E-state index contributed by atoms with van der Waals surface area (Å²) in [6.07, 6.45) is 4.35. The minimum Gasteiger partial charge on any atom is -0.352 e. The molecule has 2 aliphatic rings. The molecule has 1 aromatic carbocycles. The van der Waals surface area contributed by atoms with Crippen LogP contribution in [-0.4, -0.2) is 18.5 Å². The average Bonchev–Trinajstić information content (AvgIpc) is 3.04. The van der Waals surface area contributed by atoms with E-state index in [0.29, 0.717) is 24.4 Å². The highest BCUT2D eigenvalue weighted by molar-refractivity contribution is 5.85. The number of benzene rings is 1. The summed E-state index contributed by atoms with van der Waals surface area (Å²) in [5.74, 6) is 1.30. The van der Waals surface area contributed by atoms with Gasteiger partial charge in [-0.15, -0.1) is 12.4 Å². The third-order valence-corrected chi connectivity index (χ3v) is 4.64. The zero-order valence-corrected chi connectivity index (χ0v) is 12.4. The molecule has 20 heavy (non-hydrogen) atoms. The van der Waals surface area contributed by atoms with Crippen molar-refractivity contribution in [3.63, 3.8) is 0 Å². The van der Waals surface area contributed by atoms with E-state index in [-0.39, 0.29) is 24.2 Å². The lowest BCUT2D eigenvalue weighted by molar-refractivity contribution is -0.126. The van der Waals surface area contributed by atoms with Gasteiger partial charge in [0.2, 0.25) is 5.91 Å². The van der Waals surface area contributed by atoms with Crippen molar-refractivity contribution in [2.75, 3.05) is 6.54 Å². The molecule has 3 N–H and O–H groups in total. The number of halogens is 1. The molecule has 110 valence electrons. The fourth-order valence-corrected chi connectivity index (χ4v) is 3.38. The summed E-state index contributed by atoms with van der Waals surface area (Å²) < 4.78 is 0. The molecule has 1 amide bonds. The molecule has 0 aromatic heterocycles. The monoisotopic (exact) mass is 294 g/mol. The highest BCUT2D eigenvalue weighted by Crippen LogP contribution is 2.41. The predicted molar refractivity (Wildman–Crippen MR) is 82.9 cm³/mol. The van der Waals surface area contributed by atoms with Gasteiger partial charge in [-0.3, -0.25) is 4.79 Å². The Kier molecular flexibility index (Phi) is 5.06. The zero-order chi connectivity index (χ0) is 13.2. The smallest absolute Gasteiger partial charge is 0.223 e. The second-order valence-corrected chi connectivity index (χ2v) is 5.90. The van der Waals surface area contributed by atoms with Crippen molar-refractivity contribution in [3.8, 4) is 0 Å². The molecular weight excluding hydrogens is 272 g/mol. The molecule has 3 rings (SSSR count). The van der Waals surface area contributed by atoms with Crippen LogP contribution in [0.5, 0.6) is 0 Å². The second kappa shape index (κ2) is 6.59. The molecule has 2 unspecified atom stereocenters. The number of nitrogens with two attached hydrogens (primary N) is 1. The molecule has 1 aromatic rings. The normalized spacial score (nSPS) is 31.4. The highest BCUT2D eigenvalue weighted by Gasteiger charge is 2.41. The van der Waals surface area contributed by atoms with Gasteiger partial charge in [0.1, 0.15) is 0 Å². The molecule has 3 nitrogen and oxygen atoms in total. The standard InChI is InChI=1S/C16H22N2O.ClH/c17-10-12-7-4-8-13(12)16(19)18-15-9-14(15)11-5-2-1-3-6-11;/h1-3,5-6,12-15H,4,7-10,17H2,(H,18,19);1H/t12-,13-,14?,15?;/m1./s1. The van der Waals surface area contributed by atoms with E-state index in [9.17, 15) is 4.79 Å². The van der Waals surface area contributed by atoms with E-state index in [1.807, 2.05) is 6.07 Å². The molecule has 2 aliphatic carbocycles. The van der Waals surface area contributed by atoms with Crippen molar-refractivity contribution in [2.24, 2.45) is 17.6 Å². The van der Waals surface area contributed by atoms with E-state index in [1.54, 1.807) is 0 Å². The topological polar surface area (TPSA) is 55.1 Å². The third-order valence-electron chi connectivity index (χ3n) is 4.64. The Balaban J connectivity index is 0.00000147. The van der Waals surface area contributed by atoms with Crippen molar-refractivity contribution >= 4 is 18.3 Å². The molecule has 4 atom stereocenters. The van der Waals surface area contributed by atoms with E-state index >= 15 is 0 Å². The lowest BCUT2D eigenvalue weighted by Crippen LogP contribution is -2.36. The van der Waals surface area contributed by atoms with Crippen LogP contribution in [0.4, 0.5) is 0 Å². The summed E-state index contributed by atoms with van der Waals surface area (Å²) in [6.45, 7) is 0.644. The highest BCUT2D eigenvalue weighted by atomic mass is 35.5. The Morgan fingerprint density at radius 1 is 1.25 bits per heavy atom. The van der Waals surface area contributed by atoms with Gasteiger partial charge < -0.3 is 11.1 Å². The maximum absolute atomic E-state index is 12.3. The summed E-state index contributed by atoms with van der Waals surface area (Å²) in [5.41, 5.74) is 7.09. The molecular formula is C16H23ClN2O. The van der Waals surface area contributed by atoms with Gasteiger partial charge in [-0.1, -0.05) is 36.8 Å². The molecule has 2 saturated carbocycles. The molecule has 0 bridgehead atoms. The third kappa shape index (κ3) is 3.15. The van der Waals surface area contributed by atoms with Gasteiger partial charge in [-0.05, 0) is 37.3 Å². The van der Waals surface area contributed by atoms with Gasteiger partial charge in [0.05, 0.1) is 0 Å². The SMILES string of the molecule is Cl.NC[C@H]1CCC[C@H]1C(=O)NC1CC1c1ccccc1. The summed E-state index contributed by atoms with van der Waals surface area (Å²) >= 11 is 0. The quantitative estimate of drug-likeness (QED) is 0.896. The second-order valence-electron chi connectivity index (χ2n) is 5.90. The number of carbonyl (C=O) groups excluding carboxylic acids is 1. The Bertz CT molecular complexity index is 451. The van der Waals surface area contributed by atoms with Gasteiger partial charge in [0.25, 0.3) is 0 Å². The average molecular weight is 295 g/mol. The van der Waals surface area contributed by atoms with Gasteiger partial charge in [-0.25, -0.2) is 0 Å². The Morgan fingerprint density at radius 2 is 2.00 bits per heavy atom. The first-order valence-electron chi connectivity index (χ1n) is 7.35. The molecule has 0 heterocycles. The van der Waals surface area contributed by atoms with Crippen LogP contribution in [0.1, 0.15) is 37.2 Å². The minimum atomic E-state index is 0. The maximum Gasteiger partial charge on any atom is 0.223 e. The number of carbonyl (C=O) groups is 1. The molecule has 0 aliphatic heterocycles. The van der Waals surface area contributed by atoms with Crippen LogP contribution in [-0.2, 0) is 4.79 Å². The van der Waals surface area contributed by atoms with Crippen molar-refractivity contribution in [3.05, 3.63) is 35.9 Å². The number of rotatable bonds is 4. The van der Waals surface area contributed by atoms with E-state index in [4.69, 9.17) is 5.73 Å². The van der Waals surface area contributed by atoms with Gasteiger partial charge in [0, 0.05) is 17.9 Å². The van der Waals surface area contributed by atoms with Crippen LogP contribution < -0.4 is 11.1 Å². The maximum atomic E-state index is 12.3. The Morgan fingerprint density at radius 3 is 2.70 bits per heavy atom. The lowest BCUT2D eigenvalue weighted by Gasteiger charge is -2.17. The van der Waals surface area contributed by atoms with Crippen LogP contribution in [0.25, 0.3) is 0 Å². The number of nitrogens with one attached hydrogen (secondary N) is 1. The van der Waals surface area contributed by atoms with Crippen LogP contribution in [0, 0.1) is 11.8 Å². The van der Waals surface area contributed by atoms with Gasteiger partial charge >= 0.3 is 0 Å². The number of amides is 1. The van der Waals surface area contributed by atoms with Gasteiger partial charge in [0.15, 0.2) is 0 Å². The van der Waals surface area contributed by atoms with Crippen LogP contribution >= 0.6 is 12.4 Å². The van der Waals surface area contributed by atoms with Crippen LogP contribution in [0.15, 0.2) is 30.3 Å². The Labute approximate surface area is 126 Å². The lowest BCUT2D eigenvalue weighted by atomic mass is 9.95. The fourth-order valence-electron chi connectivity index (χ4n) is 3.38. The molecule has 0 spiro atoms. The molecule has 4 heteroatoms.